The fourth-order valence-corrected chi connectivity index (χ4v) is 2.12. The Balaban J connectivity index is 1.83. The smallest absolute Gasteiger partial charge is 0.318 e. The number of carbonyl (C=O) groups excluding carboxylic acids is 1. The maximum absolute atomic E-state index is 12.0. The first-order valence-electron chi connectivity index (χ1n) is 5.92. The number of hydrogen-bond acceptors (Lipinski definition) is 3. The van der Waals surface area contributed by atoms with Crippen LogP contribution in [0.15, 0.2) is 22.8 Å². The predicted octanol–water partition coefficient (Wildman–Crippen LogP) is 1.13. The minimum atomic E-state index is -0.0120. The zero-order valence-corrected chi connectivity index (χ0v) is 10.3. The molecule has 17 heavy (non-hydrogen) atoms. The van der Waals surface area contributed by atoms with Gasteiger partial charge in [-0.25, -0.2) is 4.79 Å². The van der Waals surface area contributed by atoms with E-state index in [4.69, 9.17) is 4.42 Å². The molecule has 2 amide bonds. The predicted molar refractivity (Wildman–Crippen MR) is 64.6 cm³/mol. The zero-order valence-electron chi connectivity index (χ0n) is 10.3. The van der Waals surface area contributed by atoms with Gasteiger partial charge in [-0.05, 0) is 26.1 Å². The van der Waals surface area contributed by atoms with Crippen LogP contribution in [0.5, 0.6) is 0 Å². The number of nitrogens with one attached hydrogen (secondary N) is 1. The van der Waals surface area contributed by atoms with Crippen LogP contribution < -0.4 is 5.32 Å². The van der Waals surface area contributed by atoms with Crippen molar-refractivity contribution >= 4 is 6.03 Å². The summed E-state index contributed by atoms with van der Waals surface area (Å²) in [6.45, 7) is 5.15. The Morgan fingerprint density at radius 2 is 2.41 bits per heavy atom. The summed E-state index contributed by atoms with van der Waals surface area (Å²) in [7, 11) is 2.08. The second-order valence-electron chi connectivity index (χ2n) is 4.54. The van der Waals surface area contributed by atoms with E-state index < -0.39 is 0 Å². The summed E-state index contributed by atoms with van der Waals surface area (Å²) in [6.07, 6.45) is 1.61. The molecule has 1 atom stereocenters. The van der Waals surface area contributed by atoms with Gasteiger partial charge >= 0.3 is 6.03 Å². The molecule has 5 heteroatoms. The molecule has 0 radical (unpaired) electrons. The fourth-order valence-electron chi connectivity index (χ4n) is 2.12. The van der Waals surface area contributed by atoms with Crippen LogP contribution in [-0.4, -0.2) is 48.6 Å². The van der Waals surface area contributed by atoms with Crippen molar-refractivity contribution in [1.29, 1.82) is 0 Å². The highest BCUT2D eigenvalue weighted by molar-refractivity contribution is 5.74. The Hall–Kier alpha value is -1.49. The van der Waals surface area contributed by atoms with Gasteiger partial charge in [0.25, 0.3) is 0 Å². The van der Waals surface area contributed by atoms with Gasteiger partial charge in [0.15, 0.2) is 0 Å². The van der Waals surface area contributed by atoms with Crippen molar-refractivity contribution < 1.29 is 9.21 Å². The number of likely N-dealkylation sites (N-methyl/N-ethyl adjacent to an activating group) is 1. The number of piperazine rings is 1. The summed E-state index contributed by atoms with van der Waals surface area (Å²) in [5, 5.41) is 2.87. The van der Waals surface area contributed by atoms with Crippen LogP contribution in [0, 0.1) is 0 Å². The number of amides is 2. The monoisotopic (exact) mass is 237 g/mol. The van der Waals surface area contributed by atoms with E-state index in [9.17, 15) is 4.79 Å². The van der Waals surface area contributed by atoms with E-state index in [2.05, 4.69) is 24.2 Å². The van der Waals surface area contributed by atoms with E-state index >= 15 is 0 Å². The lowest BCUT2D eigenvalue weighted by Crippen LogP contribution is -2.55. The van der Waals surface area contributed by atoms with Crippen molar-refractivity contribution in [2.24, 2.45) is 0 Å². The number of carbonyl (C=O) groups is 1. The highest BCUT2D eigenvalue weighted by atomic mass is 16.3. The number of nitrogens with zero attached hydrogens (tertiary/aromatic N) is 2. The Kier molecular flexibility index (Phi) is 3.68. The van der Waals surface area contributed by atoms with Crippen LogP contribution in [0.1, 0.15) is 12.7 Å². The van der Waals surface area contributed by atoms with Gasteiger partial charge in [0.05, 0.1) is 12.8 Å². The first-order chi connectivity index (χ1) is 8.16. The minimum Gasteiger partial charge on any atom is -0.467 e. The molecule has 0 aliphatic carbocycles. The van der Waals surface area contributed by atoms with Crippen molar-refractivity contribution in [1.82, 2.24) is 15.1 Å². The number of rotatable bonds is 2. The molecule has 1 aromatic rings. The third-order valence-corrected chi connectivity index (χ3v) is 3.09. The van der Waals surface area contributed by atoms with Crippen molar-refractivity contribution in [2.45, 2.75) is 19.5 Å². The third-order valence-electron chi connectivity index (χ3n) is 3.09. The van der Waals surface area contributed by atoms with Gasteiger partial charge in [-0.3, -0.25) is 0 Å². The van der Waals surface area contributed by atoms with Crippen LogP contribution in [0.25, 0.3) is 0 Å². The van der Waals surface area contributed by atoms with E-state index in [0.29, 0.717) is 6.54 Å². The molecule has 0 aromatic carbocycles. The van der Waals surface area contributed by atoms with Gasteiger partial charge in [0.2, 0.25) is 0 Å². The van der Waals surface area contributed by atoms with Gasteiger partial charge in [-0.15, -0.1) is 0 Å². The average Bonchev–Trinajstić information content (AvgIpc) is 2.78. The molecule has 1 fully saturated rings. The van der Waals surface area contributed by atoms with Crippen molar-refractivity contribution in [3.63, 3.8) is 0 Å². The van der Waals surface area contributed by atoms with Gasteiger partial charge in [-0.2, -0.15) is 0 Å². The van der Waals surface area contributed by atoms with E-state index in [-0.39, 0.29) is 12.1 Å². The second-order valence-corrected chi connectivity index (χ2v) is 4.54. The van der Waals surface area contributed by atoms with Crippen LogP contribution in [0.2, 0.25) is 0 Å². The molecule has 2 heterocycles. The largest absolute Gasteiger partial charge is 0.467 e. The highest BCUT2D eigenvalue weighted by Gasteiger charge is 2.25. The average molecular weight is 237 g/mol. The molecular weight excluding hydrogens is 218 g/mol. The lowest BCUT2D eigenvalue weighted by Gasteiger charge is -2.38. The standard InChI is InChI=1S/C12H19N3O2/c1-10-9-14(2)5-6-15(10)12(16)13-8-11-4-3-7-17-11/h3-4,7,10H,5-6,8-9H2,1-2H3,(H,13,16). The highest BCUT2D eigenvalue weighted by Crippen LogP contribution is 2.08. The van der Waals surface area contributed by atoms with Crippen LogP contribution >= 0.6 is 0 Å². The Bertz CT molecular complexity index is 364. The molecule has 1 aromatic heterocycles. The Labute approximate surface area is 101 Å². The third kappa shape index (κ3) is 3.00. The maximum atomic E-state index is 12.0. The van der Waals surface area contributed by atoms with Gasteiger partial charge < -0.3 is 19.5 Å². The molecule has 1 aliphatic heterocycles. The van der Waals surface area contributed by atoms with E-state index in [1.807, 2.05) is 17.0 Å². The molecule has 1 N–H and O–H groups in total. The summed E-state index contributed by atoms with van der Waals surface area (Å²) >= 11 is 0. The minimum absolute atomic E-state index is 0.0120. The topological polar surface area (TPSA) is 48.7 Å². The molecule has 1 aliphatic rings. The summed E-state index contributed by atoms with van der Waals surface area (Å²) in [6, 6.07) is 3.92. The molecule has 5 nitrogen and oxygen atoms in total. The Morgan fingerprint density at radius 3 is 3.06 bits per heavy atom. The zero-order chi connectivity index (χ0) is 12.3. The van der Waals surface area contributed by atoms with Crippen molar-refractivity contribution in [3.8, 4) is 0 Å². The molecule has 0 saturated carbocycles. The summed E-state index contributed by atoms with van der Waals surface area (Å²) in [5.41, 5.74) is 0. The number of hydrogen-bond donors (Lipinski definition) is 1. The number of furan rings is 1. The molecule has 0 bridgehead atoms. The molecule has 0 spiro atoms. The van der Waals surface area contributed by atoms with Crippen LogP contribution in [0.4, 0.5) is 4.79 Å². The lowest BCUT2D eigenvalue weighted by atomic mass is 10.2. The van der Waals surface area contributed by atoms with Gasteiger partial charge in [0.1, 0.15) is 5.76 Å². The SMILES string of the molecule is CC1CN(C)CCN1C(=O)NCc1ccco1. The van der Waals surface area contributed by atoms with Crippen LogP contribution in [0.3, 0.4) is 0 Å². The van der Waals surface area contributed by atoms with E-state index in [1.54, 1.807) is 6.26 Å². The molecule has 1 unspecified atom stereocenters. The normalized spacial score (nSPS) is 21.5. The van der Waals surface area contributed by atoms with Crippen molar-refractivity contribution in [2.75, 3.05) is 26.7 Å². The fraction of sp³-hybridized carbons (Fsp3) is 0.583. The lowest BCUT2D eigenvalue weighted by molar-refractivity contribution is 0.116. The van der Waals surface area contributed by atoms with Crippen molar-refractivity contribution in [3.05, 3.63) is 24.2 Å². The molecular formula is C12H19N3O2. The molecule has 2 rings (SSSR count). The first kappa shape index (κ1) is 12.0. The maximum Gasteiger partial charge on any atom is 0.318 e. The first-order valence-corrected chi connectivity index (χ1v) is 5.92. The number of urea groups is 1. The Morgan fingerprint density at radius 1 is 1.59 bits per heavy atom. The van der Waals surface area contributed by atoms with Gasteiger partial charge in [0, 0.05) is 25.7 Å². The summed E-state index contributed by atoms with van der Waals surface area (Å²) < 4.78 is 5.17. The summed E-state index contributed by atoms with van der Waals surface area (Å²) in [5.74, 6) is 0.778. The van der Waals surface area contributed by atoms with E-state index in [1.165, 1.54) is 0 Å². The quantitative estimate of drug-likeness (QED) is 0.838. The van der Waals surface area contributed by atoms with E-state index in [0.717, 1.165) is 25.4 Å². The molecule has 94 valence electrons. The molecule has 1 saturated heterocycles. The second kappa shape index (κ2) is 5.23. The van der Waals surface area contributed by atoms with Crippen LogP contribution in [-0.2, 0) is 6.54 Å². The van der Waals surface area contributed by atoms with Gasteiger partial charge in [-0.1, -0.05) is 0 Å². The summed E-state index contributed by atoms with van der Waals surface area (Å²) in [4.78, 5) is 16.1.